The SMILES string of the molecule is CC1(C)C2CCC(CN(CC(O)CO)CC3(O)CCC4C56C=CC7(C=C5C(=O)c5ccc(-c8cc(C(F)(F)F)ccc8Cl)o5)CC(O)CCC7(C)C6CCC43C)C1C2. The van der Waals surface area contributed by atoms with Crippen LogP contribution in [0.3, 0.4) is 0 Å². The van der Waals surface area contributed by atoms with Crippen LogP contribution in [0.4, 0.5) is 13.2 Å². The smallest absolute Gasteiger partial charge is 0.416 e. The number of fused-ring (bicyclic) bond motifs is 3. The average molecular weight is 826 g/mol. The van der Waals surface area contributed by atoms with Crippen LogP contribution in [-0.2, 0) is 6.18 Å². The van der Waals surface area contributed by atoms with Crippen LogP contribution in [0.1, 0.15) is 108 Å². The summed E-state index contributed by atoms with van der Waals surface area (Å²) in [4.78, 5) is 17.4. The standard InChI is InChI=1S/C47H59ClF3NO6/c1-41(2)28-6-5-27(33(41)20-28)23-52(24-31(55)25-53)26-45(57)16-13-39-43(45,4)15-12-38-42(3)14-11-30(54)21-44(42)17-18-46(38,39)34(22-44)40(56)37-10-9-36(58-37)32-19-29(47(49,50)51)7-8-35(32)48/h7-10,17-19,22,27-28,30-31,33,38-39,53-55,57H,5-6,11-16,20-21,23-26H2,1-4H3. The van der Waals surface area contributed by atoms with Crippen molar-refractivity contribution in [3.05, 3.63) is 70.5 Å². The van der Waals surface area contributed by atoms with E-state index in [-0.39, 0.29) is 63.7 Å². The molecule has 9 aliphatic carbocycles. The van der Waals surface area contributed by atoms with E-state index >= 15 is 4.79 Å². The number of benzene rings is 1. The highest BCUT2D eigenvalue weighted by Crippen LogP contribution is 2.78. The summed E-state index contributed by atoms with van der Waals surface area (Å²) in [6.45, 7) is 10.3. The number of aliphatic hydroxyl groups excluding tert-OH is 3. The lowest BCUT2D eigenvalue weighted by Gasteiger charge is -2.71. The normalized spacial score (nSPS) is 41.4. The van der Waals surface area contributed by atoms with E-state index in [0.29, 0.717) is 49.6 Å². The van der Waals surface area contributed by atoms with Gasteiger partial charge in [-0.2, -0.15) is 13.2 Å². The second-order valence-electron chi connectivity index (χ2n) is 20.7. The van der Waals surface area contributed by atoms with Crippen LogP contribution in [0.2, 0.25) is 5.02 Å². The monoisotopic (exact) mass is 825 g/mol. The quantitative estimate of drug-likeness (QED) is 0.140. The van der Waals surface area contributed by atoms with Crippen LogP contribution in [0.25, 0.3) is 11.3 Å². The van der Waals surface area contributed by atoms with E-state index in [1.807, 2.05) is 0 Å². The van der Waals surface area contributed by atoms with Gasteiger partial charge in [0.15, 0.2) is 5.76 Å². The highest BCUT2D eigenvalue weighted by Gasteiger charge is 2.74. The van der Waals surface area contributed by atoms with Crippen molar-refractivity contribution in [2.75, 3.05) is 26.2 Å². The third-order valence-corrected chi connectivity index (χ3v) is 18.3. The van der Waals surface area contributed by atoms with Crippen molar-refractivity contribution in [3.63, 3.8) is 0 Å². The van der Waals surface area contributed by atoms with E-state index in [0.717, 1.165) is 50.3 Å². The number of halogens is 4. The Labute approximate surface area is 344 Å². The summed E-state index contributed by atoms with van der Waals surface area (Å²) in [5.41, 5.74) is -3.32. The Balaban J connectivity index is 1.08. The van der Waals surface area contributed by atoms with E-state index in [2.05, 4.69) is 50.8 Å². The van der Waals surface area contributed by atoms with E-state index in [1.165, 1.54) is 31.0 Å². The lowest BCUT2D eigenvalue weighted by Crippen LogP contribution is -2.67. The summed E-state index contributed by atoms with van der Waals surface area (Å²) in [5.74, 6) is 1.43. The molecule has 12 unspecified atom stereocenters. The highest BCUT2D eigenvalue weighted by atomic mass is 35.5. The number of furan rings is 1. The van der Waals surface area contributed by atoms with E-state index in [9.17, 15) is 33.6 Å². The number of carbonyl (C=O) groups excluding carboxylic acids is 1. The van der Waals surface area contributed by atoms with Crippen LogP contribution < -0.4 is 0 Å². The molecule has 7 nitrogen and oxygen atoms in total. The number of alkyl halides is 3. The molecule has 2 aromatic rings. The van der Waals surface area contributed by atoms with Gasteiger partial charge in [0, 0.05) is 47.0 Å². The first-order chi connectivity index (χ1) is 27.2. The Kier molecular flexibility index (Phi) is 9.53. The van der Waals surface area contributed by atoms with Gasteiger partial charge in [0.1, 0.15) is 5.76 Å². The molecule has 6 saturated carbocycles. The molecule has 12 atom stereocenters. The van der Waals surface area contributed by atoms with Crippen molar-refractivity contribution in [2.24, 2.45) is 56.7 Å². The third kappa shape index (κ3) is 5.73. The zero-order valence-corrected chi connectivity index (χ0v) is 34.9. The molecule has 0 aliphatic heterocycles. The molecule has 4 bridgehead atoms. The molecule has 2 spiro atoms. The minimum absolute atomic E-state index is 0.0107. The number of ketones is 1. The summed E-state index contributed by atoms with van der Waals surface area (Å²) in [5, 5.41) is 45.1. The highest BCUT2D eigenvalue weighted by molar-refractivity contribution is 6.33. The molecule has 1 aromatic carbocycles. The largest absolute Gasteiger partial charge is 0.453 e. The number of hydrogen-bond donors (Lipinski definition) is 4. The zero-order chi connectivity index (χ0) is 41.4. The molecular weight excluding hydrogens is 767 g/mol. The van der Waals surface area contributed by atoms with Crippen molar-refractivity contribution in [3.8, 4) is 11.3 Å². The maximum absolute atomic E-state index is 15.2. The fourth-order valence-corrected chi connectivity index (χ4v) is 14.9. The maximum Gasteiger partial charge on any atom is 0.416 e. The van der Waals surface area contributed by atoms with Crippen molar-refractivity contribution >= 4 is 17.4 Å². The molecule has 1 heterocycles. The Morgan fingerprint density at radius 2 is 1.71 bits per heavy atom. The van der Waals surface area contributed by atoms with Gasteiger partial charge in [0.2, 0.25) is 5.78 Å². The Morgan fingerprint density at radius 1 is 0.983 bits per heavy atom. The third-order valence-electron chi connectivity index (χ3n) is 18.0. The molecule has 9 aliphatic rings. The molecule has 0 radical (unpaired) electrons. The fourth-order valence-electron chi connectivity index (χ4n) is 14.7. The van der Waals surface area contributed by atoms with Crippen LogP contribution >= 0.6 is 11.6 Å². The lowest BCUT2D eigenvalue weighted by atomic mass is 9.32. The number of Topliss-reactive ketones (excluding diaryl/α,β-unsaturated/α-hetero) is 1. The predicted octanol–water partition coefficient (Wildman–Crippen LogP) is 9.12. The second kappa shape index (κ2) is 13.5. The average Bonchev–Trinajstić information content (AvgIpc) is 3.76. The maximum atomic E-state index is 15.2. The van der Waals surface area contributed by atoms with Gasteiger partial charge >= 0.3 is 6.18 Å². The summed E-state index contributed by atoms with van der Waals surface area (Å²) in [7, 11) is 0. The first kappa shape index (κ1) is 40.9. The van der Waals surface area contributed by atoms with Gasteiger partial charge < -0.3 is 24.8 Å². The zero-order valence-electron chi connectivity index (χ0n) is 34.1. The van der Waals surface area contributed by atoms with Gasteiger partial charge in [-0.05, 0) is 135 Å². The summed E-state index contributed by atoms with van der Waals surface area (Å²) in [6, 6.07) is 6.06. The molecule has 11 rings (SSSR count). The van der Waals surface area contributed by atoms with E-state index in [1.54, 1.807) is 0 Å². The molecule has 58 heavy (non-hydrogen) atoms. The van der Waals surface area contributed by atoms with Gasteiger partial charge in [0.25, 0.3) is 0 Å². The van der Waals surface area contributed by atoms with E-state index in [4.69, 9.17) is 16.0 Å². The van der Waals surface area contributed by atoms with Gasteiger partial charge in [-0.15, -0.1) is 0 Å². The van der Waals surface area contributed by atoms with Crippen LogP contribution in [0, 0.1) is 56.7 Å². The van der Waals surface area contributed by atoms with Crippen molar-refractivity contribution in [2.45, 2.75) is 116 Å². The van der Waals surface area contributed by atoms with Gasteiger partial charge in [0.05, 0.1) is 35.0 Å². The number of nitrogens with zero attached hydrogens (tertiary/aromatic N) is 1. The number of hydrogen-bond acceptors (Lipinski definition) is 7. The van der Waals surface area contributed by atoms with Crippen molar-refractivity contribution in [1.29, 1.82) is 0 Å². The topological polar surface area (TPSA) is 114 Å². The van der Waals surface area contributed by atoms with Crippen molar-refractivity contribution < 1.29 is 42.8 Å². The molecule has 4 N–H and O–H groups in total. The lowest BCUT2D eigenvalue weighted by molar-refractivity contribution is -0.179. The summed E-state index contributed by atoms with van der Waals surface area (Å²) >= 11 is 6.41. The van der Waals surface area contributed by atoms with Gasteiger partial charge in [-0.25, -0.2) is 0 Å². The predicted molar refractivity (Wildman–Crippen MR) is 215 cm³/mol. The van der Waals surface area contributed by atoms with Crippen LogP contribution in [-0.4, -0.2) is 75.2 Å². The van der Waals surface area contributed by atoms with Crippen LogP contribution in [0.15, 0.2) is 58.6 Å². The van der Waals surface area contributed by atoms with Crippen LogP contribution in [0.5, 0.6) is 0 Å². The minimum atomic E-state index is -4.59. The second-order valence-corrected chi connectivity index (χ2v) is 21.1. The number of rotatable bonds is 10. The molecule has 1 aromatic heterocycles. The van der Waals surface area contributed by atoms with Gasteiger partial charge in [-0.1, -0.05) is 57.5 Å². The van der Waals surface area contributed by atoms with Gasteiger partial charge in [-0.3, -0.25) is 9.69 Å². The Hall–Kier alpha value is -2.47. The minimum Gasteiger partial charge on any atom is -0.453 e. The molecule has 0 saturated heterocycles. The molecule has 316 valence electrons. The van der Waals surface area contributed by atoms with Crippen molar-refractivity contribution in [1.82, 2.24) is 4.90 Å². The molecule has 0 amide bonds. The van der Waals surface area contributed by atoms with E-state index < -0.39 is 45.8 Å². The summed E-state index contributed by atoms with van der Waals surface area (Å²) < 4.78 is 47.3. The molecule has 6 fully saturated rings. The molecule has 11 heteroatoms. The Morgan fingerprint density at radius 3 is 2.41 bits per heavy atom. The fraction of sp³-hybridized carbons (Fsp3) is 0.681. The first-order valence-corrected chi connectivity index (χ1v) is 22.0. The number of carbonyl (C=O) groups is 1. The first-order valence-electron chi connectivity index (χ1n) is 21.6. The number of aliphatic hydroxyl groups is 4. The summed E-state index contributed by atoms with van der Waals surface area (Å²) in [6.07, 6.45) is 8.71. The molecular formula is C47H59ClF3NO6. The number of allylic oxidation sites excluding steroid dienone is 4. The Bertz CT molecular complexity index is 2040.